The fourth-order valence-corrected chi connectivity index (χ4v) is 5.72. The lowest BCUT2D eigenvalue weighted by atomic mass is 10.0. The first kappa shape index (κ1) is 24.0. The number of benzene rings is 2. The Balaban J connectivity index is 0.00000274. The quantitative estimate of drug-likeness (QED) is 0.325. The Hall–Kier alpha value is -3.09. The summed E-state index contributed by atoms with van der Waals surface area (Å²) in [5, 5.41) is 2.41. The lowest BCUT2D eigenvalue weighted by molar-refractivity contribution is -0.119. The molecule has 0 aliphatic heterocycles. The van der Waals surface area contributed by atoms with Crippen LogP contribution in [0.2, 0.25) is 5.02 Å². The van der Waals surface area contributed by atoms with Crippen molar-refractivity contribution >= 4 is 38.0 Å². The predicted octanol–water partition coefficient (Wildman–Crippen LogP) is 5.81. The molecule has 0 radical (unpaired) electrons. The van der Waals surface area contributed by atoms with Gasteiger partial charge in [0.1, 0.15) is 5.78 Å². The zero-order chi connectivity index (χ0) is 23.0. The molecule has 1 saturated carbocycles. The first-order valence-electron chi connectivity index (χ1n) is 10.7. The van der Waals surface area contributed by atoms with Gasteiger partial charge >= 0.3 is 0 Å². The lowest BCUT2D eigenvalue weighted by Crippen LogP contribution is -2.07. The van der Waals surface area contributed by atoms with Crippen LogP contribution in [-0.2, 0) is 26.8 Å². The normalized spacial score (nSPS) is 17.2. The van der Waals surface area contributed by atoms with Gasteiger partial charge in [-0.15, -0.1) is 0 Å². The Kier molecular flexibility index (Phi) is 6.82. The third kappa shape index (κ3) is 5.03. The van der Waals surface area contributed by atoms with E-state index in [1.807, 2.05) is 30.3 Å². The second-order valence-corrected chi connectivity index (χ2v) is 10.8. The van der Waals surface area contributed by atoms with Gasteiger partial charge in [-0.1, -0.05) is 49.4 Å². The molecule has 1 aliphatic rings. The molecule has 34 heavy (non-hydrogen) atoms. The molecule has 0 N–H and O–H groups in total. The summed E-state index contributed by atoms with van der Waals surface area (Å²) in [5.41, 5.74) is 2.45. The minimum Gasteiger partial charge on any atom is -0.299 e. The van der Waals surface area contributed by atoms with Gasteiger partial charge in [-0.3, -0.25) is 14.8 Å². The van der Waals surface area contributed by atoms with E-state index in [0.29, 0.717) is 17.1 Å². The van der Waals surface area contributed by atoms with Gasteiger partial charge in [0.25, 0.3) is 0 Å². The van der Waals surface area contributed by atoms with E-state index in [9.17, 15) is 13.2 Å². The molecule has 1 aliphatic carbocycles. The molecule has 2 aromatic carbocycles. The number of fused-ring (bicyclic) bond motifs is 1. The van der Waals surface area contributed by atoms with E-state index in [4.69, 9.17) is 11.6 Å². The molecule has 0 spiro atoms. The van der Waals surface area contributed by atoms with Crippen molar-refractivity contribution in [1.82, 2.24) is 9.97 Å². The molecule has 4 aromatic rings. The Labute approximate surface area is 204 Å². The maximum absolute atomic E-state index is 12.9. The van der Waals surface area contributed by atoms with Crippen molar-refractivity contribution in [3.05, 3.63) is 101 Å². The smallest absolute Gasteiger partial charge is 0.184 e. The van der Waals surface area contributed by atoms with Crippen LogP contribution < -0.4 is 0 Å². The minimum absolute atomic E-state index is 0. The molecule has 1 fully saturated rings. The van der Waals surface area contributed by atoms with Gasteiger partial charge in [0.2, 0.25) is 0 Å². The number of nitrogens with zero attached hydrogens (tertiary/aromatic N) is 2. The minimum atomic E-state index is -3.47. The molecule has 5 nitrogen and oxygen atoms in total. The van der Waals surface area contributed by atoms with Gasteiger partial charge in [-0.25, -0.2) is 8.42 Å². The fourth-order valence-electron chi connectivity index (χ4n) is 4.22. The van der Waals surface area contributed by atoms with Crippen LogP contribution in [0.1, 0.15) is 36.6 Å². The van der Waals surface area contributed by atoms with Crippen LogP contribution in [0.5, 0.6) is 0 Å². The molecule has 2 heterocycles. The number of pyridine rings is 2. The van der Waals surface area contributed by atoms with Crippen molar-refractivity contribution < 1.29 is 13.2 Å². The van der Waals surface area contributed by atoms with Crippen LogP contribution in [0.15, 0.2) is 84.1 Å². The van der Waals surface area contributed by atoms with E-state index < -0.39 is 9.84 Å². The summed E-state index contributed by atoms with van der Waals surface area (Å²) in [4.78, 5) is 21.3. The maximum Gasteiger partial charge on any atom is 0.184 e. The number of aromatic nitrogens is 2. The van der Waals surface area contributed by atoms with Crippen LogP contribution >= 0.6 is 11.6 Å². The molecule has 5 rings (SSSR count). The van der Waals surface area contributed by atoms with Crippen molar-refractivity contribution in [2.75, 3.05) is 0 Å². The highest BCUT2D eigenvalue weighted by Crippen LogP contribution is 2.48. The molecule has 0 amide bonds. The number of sulfone groups is 1. The third-order valence-corrected chi connectivity index (χ3v) is 8.06. The molecule has 0 bridgehead atoms. The first-order valence-corrected chi connectivity index (χ1v) is 12.7. The largest absolute Gasteiger partial charge is 0.299 e. The number of carbonyl (C=O) groups excluding carboxylic acids is 1. The summed E-state index contributed by atoms with van der Waals surface area (Å²) in [5.74, 6) is 0.156. The summed E-state index contributed by atoms with van der Waals surface area (Å²) in [6, 6.07) is 18.0. The molecule has 2 aromatic heterocycles. The highest BCUT2D eigenvalue weighted by atomic mass is 35.5. The molecular formula is C27H25ClN2O3S. The van der Waals surface area contributed by atoms with Crippen molar-refractivity contribution in [2.45, 2.75) is 36.8 Å². The number of Topliss-reactive ketones (excluding diaryl/α,β-unsaturated/α-hetero) is 1. The summed E-state index contributed by atoms with van der Waals surface area (Å²) in [6.45, 7) is 0. The number of carbonyl (C=O) groups is 1. The Morgan fingerprint density at radius 3 is 2.56 bits per heavy atom. The van der Waals surface area contributed by atoms with Crippen molar-refractivity contribution in [2.24, 2.45) is 5.92 Å². The number of ketones is 1. The molecule has 2 atom stereocenters. The Morgan fingerprint density at radius 1 is 1.03 bits per heavy atom. The van der Waals surface area contributed by atoms with Gasteiger partial charge in [-0.2, -0.15) is 0 Å². The Bertz CT molecular complexity index is 1440. The summed E-state index contributed by atoms with van der Waals surface area (Å²) in [6.07, 6.45) is 6.09. The highest BCUT2D eigenvalue weighted by molar-refractivity contribution is 7.90. The highest BCUT2D eigenvalue weighted by Gasteiger charge is 2.43. The molecule has 7 heteroatoms. The van der Waals surface area contributed by atoms with Gasteiger partial charge in [0.05, 0.1) is 21.4 Å². The van der Waals surface area contributed by atoms with Crippen LogP contribution in [0.3, 0.4) is 0 Å². The Morgan fingerprint density at radius 2 is 1.82 bits per heavy atom. The average molecular weight is 493 g/mol. The topological polar surface area (TPSA) is 77.0 Å². The predicted molar refractivity (Wildman–Crippen MR) is 135 cm³/mol. The van der Waals surface area contributed by atoms with E-state index in [1.165, 1.54) is 0 Å². The standard InChI is InChI=1S/C26H21ClN2O3S.CH4/c27-25-15-28-14-19-5-4-17(11-23(19)25)12-26(30)24-13-22(24)18-6-8-21(9-7-18)33(31,32)16-20-3-1-2-10-29-20;/h1-11,14-15,22,24H,12-13,16H2;1H4/t22?,24-;/m1./s1. The van der Waals surface area contributed by atoms with Crippen LogP contribution in [0, 0.1) is 5.92 Å². The molecular weight excluding hydrogens is 468 g/mol. The van der Waals surface area contributed by atoms with Gasteiger partial charge in [0.15, 0.2) is 9.84 Å². The van der Waals surface area contributed by atoms with E-state index in [2.05, 4.69) is 9.97 Å². The zero-order valence-electron chi connectivity index (χ0n) is 17.7. The summed E-state index contributed by atoms with van der Waals surface area (Å²) in [7, 11) is -3.47. The molecule has 1 unspecified atom stereocenters. The van der Waals surface area contributed by atoms with Gasteiger partial charge in [-0.05, 0) is 53.8 Å². The average Bonchev–Trinajstić information content (AvgIpc) is 3.61. The van der Waals surface area contributed by atoms with Crippen molar-refractivity contribution in [3.8, 4) is 0 Å². The van der Waals surface area contributed by atoms with Gasteiger partial charge in [0, 0.05) is 41.7 Å². The fraction of sp³-hybridized carbons (Fsp3) is 0.222. The third-order valence-electron chi connectivity index (χ3n) is 6.09. The van der Waals surface area contributed by atoms with Crippen LogP contribution in [0.25, 0.3) is 10.8 Å². The SMILES string of the molecule is C.O=C(Cc1ccc2cncc(Cl)c2c1)[C@@H]1CC1c1ccc(S(=O)(=O)Cc2ccccn2)cc1. The van der Waals surface area contributed by atoms with E-state index in [-0.39, 0.29) is 35.7 Å². The molecule has 174 valence electrons. The van der Waals surface area contributed by atoms with Crippen LogP contribution in [-0.4, -0.2) is 24.2 Å². The molecule has 0 saturated heterocycles. The second kappa shape index (κ2) is 9.65. The van der Waals surface area contributed by atoms with Crippen LogP contribution in [0.4, 0.5) is 0 Å². The van der Waals surface area contributed by atoms with E-state index in [1.54, 1.807) is 48.9 Å². The number of hydrogen-bond acceptors (Lipinski definition) is 5. The number of halogens is 1. The number of hydrogen-bond donors (Lipinski definition) is 0. The second-order valence-electron chi connectivity index (χ2n) is 8.42. The number of rotatable bonds is 7. The van der Waals surface area contributed by atoms with E-state index in [0.717, 1.165) is 28.3 Å². The van der Waals surface area contributed by atoms with Crippen molar-refractivity contribution in [3.63, 3.8) is 0 Å². The summed E-state index contributed by atoms with van der Waals surface area (Å²) < 4.78 is 25.4. The lowest BCUT2D eigenvalue weighted by Gasteiger charge is -2.07. The maximum atomic E-state index is 12.9. The van der Waals surface area contributed by atoms with Crippen molar-refractivity contribution in [1.29, 1.82) is 0 Å². The monoisotopic (exact) mass is 492 g/mol. The zero-order valence-corrected chi connectivity index (χ0v) is 19.3. The summed E-state index contributed by atoms with van der Waals surface area (Å²) >= 11 is 6.24. The van der Waals surface area contributed by atoms with E-state index >= 15 is 0 Å². The first-order chi connectivity index (χ1) is 15.9. The van der Waals surface area contributed by atoms with Gasteiger partial charge < -0.3 is 0 Å².